The third-order valence-corrected chi connectivity index (χ3v) is 6.78. The van der Waals surface area contributed by atoms with E-state index in [0.717, 1.165) is 31.4 Å². The Hall–Kier alpha value is -1.76. The van der Waals surface area contributed by atoms with E-state index in [9.17, 15) is 13.2 Å². The Labute approximate surface area is 149 Å². The molecule has 7 heteroatoms. The fourth-order valence-electron chi connectivity index (χ4n) is 3.77. The second-order valence-electron chi connectivity index (χ2n) is 6.76. The number of hydrogen-bond donors (Lipinski definition) is 0. The van der Waals surface area contributed by atoms with E-state index in [1.807, 2.05) is 0 Å². The van der Waals surface area contributed by atoms with E-state index in [0.29, 0.717) is 12.2 Å². The lowest BCUT2D eigenvalue weighted by molar-refractivity contribution is -0.137. The average molecular weight is 367 g/mol. The molecular formula is C18H25NO5S. The van der Waals surface area contributed by atoms with Crippen LogP contribution in [0.1, 0.15) is 32.1 Å². The summed E-state index contributed by atoms with van der Waals surface area (Å²) in [5, 5.41) is 0. The third-order valence-electron chi connectivity index (χ3n) is 5.03. The van der Waals surface area contributed by atoms with Gasteiger partial charge in [-0.1, -0.05) is 12.8 Å². The third kappa shape index (κ3) is 4.45. The largest absolute Gasteiger partial charge is 0.497 e. The van der Waals surface area contributed by atoms with Crippen molar-refractivity contribution in [2.24, 2.45) is 0 Å². The number of ether oxygens (including phenoxy) is 2. The van der Waals surface area contributed by atoms with Gasteiger partial charge >= 0.3 is 0 Å². The van der Waals surface area contributed by atoms with Gasteiger partial charge in [0.15, 0.2) is 16.4 Å². The number of benzene rings is 1. The lowest BCUT2D eigenvalue weighted by Crippen LogP contribution is -2.48. The minimum absolute atomic E-state index is 0.0701. The second-order valence-corrected chi connectivity index (χ2v) is 8.99. The molecule has 0 bridgehead atoms. The van der Waals surface area contributed by atoms with Crippen LogP contribution >= 0.6 is 0 Å². The van der Waals surface area contributed by atoms with Gasteiger partial charge in [0.25, 0.3) is 5.91 Å². The van der Waals surface area contributed by atoms with E-state index in [1.165, 1.54) is 0 Å². The smallest absolute Gasteiger partial charge is 0.261 e. The SMILES string of the molecule is COc1ccc(OCC(=O)N(C2CCCC2)[C@H]2CCS(=O)(=O)C2)cc1. The van der Waals surface area contributed by atoms with E-state index in [1.54, 1.807) is 36.3 Å². The van der Waals surface area contributed by atoms with E-state index in [-0.39, 0.29) is 36.1 Å². The van der Waals surface area contributed by atoms with Crippen molar-refractivity contribution in [3.8, 4) is 11.5 Å². The van der Waals surface area contributed by atoms with Crippen LogP contribution in [0.5, 0.6) is 11.5 Å². The van der Waals surface area contributed by atoms with Crippen molar-refractivity contribution in [3.63, 3.8) is 0 Å². The Balaban J connectivity index is 1.66. The number of methoxy groups -OCH3 is 1. The van der Waals surface area contributed by atoms with Gasteiger partial charge in [-0.2, -0.15) is 0 Å². The molecule has 0 spiro atoms. The first-order chi connectivity index (χ1) is 12.0. The molecule has 0 unspecified atom stereocenters. The lowest BCUT2D eigenvalue weighted by Gasteiger charge is -2.34. The second kappa shape index (κ2) is 7.64. The van der Waals surface area contributed by atoms with E-state index in [4.69, 9.17) is 9.47 Å². The van der Waals surface area contributed by atoms with Gasteiger partial charge in [0.05, 0.1) is 18.6 Å². The van der Waals surface area contributed by atoms with Crippen LogP contribution in [-0.4, -0.2) is 56.5 Å². The summed E-state index contributed by atoms with van der Waals surface area (Å²) in [6.45, 7) is -0.0701. The Kier molecular flexibility index (Phi) is 5.51. The summed E-state index contributed by atoms with van der Waals surface area (Å²) in [6.07, 6.45) is 4.61. The summed E-state index contributed by atoms with van der Waals surface area (Å²) in [4.78, 5) is 14.6. The summed E-state index contributed by atoms with van der Waals surface area (Å²) in [5.74, 6) is 1.46. The molecule has 1 atom stereocenters. The monoisotopic (exact) mass is 367 g/mol. The highest BCUT2D eigenvalue weighted by atomic mass is 32.2. The Bertz CT molecular complexity index is 695. The Morgan fingerprint density at radius 3 is 2.28 bits per heavy atom. The maximum absolute atomic E-state index is 12.8. The summed E-state index contributed by atoms with van der Waals surface area (Å²) in [7, 11) is -1.44. The molecular weight excluding hydrogens is 342 g/mol. The van der Waals surface area contributed by atoms with Crippen molar-refractivity contribution in [1.82, 2.24) is 4.90 Å². The average Bonchev–Trinajstić information content (AvgIpc) is 3.24. The molecule has 1 amide bonds. The van der Waals surface area contributed by atoms with Gasteiger partial charge in [0.1, 0.15) is 11.5 Å². The number of amides is 1. The molecule has 2 fully saturated rings. The van der Waals surface area contributed by atoms with Crippen molar-refractivity contribution < 1.29 is 22.7 Å². The molecule has 1 aromatic carbocycles. The van der Waals surface area contributed by atoms with Crippen LogP contribution < -0.4 is 9.47 Å². The normalized spacial score (nSPS) is 22.7. The molecule has 0 radical (unpaired) electrons. The fraction of sp³-hybridized carbons (Fsp3) is 0.611. The Morgan fingerprint density at radius 1 is 1.08 bits per heavy atom. The molecule has 0 N–H and O–H groups in total. The minimum atomic E-state index is -3.03. The van der Waals surface area contributed by atoms with Crippen molar-refractivity contribution in [2.75, 3.05) is 25.2 Å². The zero-order chi connectivity index (χ0) is 17.9. The van der Waals surface area contributed by atoms with Gasteiger partial charge in [-0.25, -0.2) is 8.42 Å². The molecule has 2 aliphatic rings. The summed E-state index contributed by atoms with van der Waals surface area (Å²) < 4.78 is 34.4. The van der Waals surface area contributed by atoms with Gasteiger partial charge < -0.3 is 14.4 Å². The quantitative estimate of drug-likeness (QED) is 0.769. The first kappa shape index (κ1) is 18.0. The zero-order valence-corrected chi connectivity index (χ0v) is 15.3. The lowest BCUT2D eigenvalue weighted by atomic mass is 10.1. The highest BCUT2D eigenvalue weighted by molar-refractivity contribution is 7.91. The maximum Gasteiger partial charge on any atom is 0.261 e. The minimum Gasteiger partial charge on any atom is -0.497 e. The summed E-state index contributed by atoms with van der Waals surface area (Å²) in [6, 6.07) is 7.00. The molecule has 1 aliphatic heterocycles. The van der Waals surface area contributed by atoms with E-state index < -0.39 is 9.84 Å². The van der Waals surface area contributed by atoms with E-state index in [2.05, 4.69) is 0 Å². The summed E-state index contributed by atoms with van der Waals surface area (Å²) >= 11 is 0. The van der Waals surface area contributed by atoms with Gasteiger partial charge in [-0.3, -0.25) is 4.79 Å². The van der Waals surface area contributed by atoms with Crippen LogP contribution in [0.3, 0.4) is 0 Å². The number of rotatable bonds is 6. The van der Waals surface area contributed by atoms with Crippen LogP contribution in [0, 0.1) is 0 Å². The first-order valence-electron chi connectivity index (χ1n) is 8.77. The molecule has 1 saturated carbocycles. The predicted octanol–water partition coefficient (Wildman–Crippen LogP) is 2.03. The molecule has 1 heterocycles. The molecule has 1 saturated heterocycles. The highest BCUT2D eigenvalue weighted by Crippen LogP contribution is 2.29. The molecule has 138 valence electrons. The van der Waals surface area contributed by atoms with Gasteiger partial charge in [-0.05, 0) is 43.5 Å². The van der Waals surface area contributed by atoms with Crippen molar-refractivity contribution in [3.05, 3.63) is 24.3 Å². The maximum atomic E-state index is 12.8. The van der Waals surface area contributed by atoms with Crippen LogP contribution in [0.4, 0.5) is 0 Å². The van der Waals surface area contributed by atoms with Gasteiger partial charge in [0, 0.05) is 12.1 Å². The molecule has 1 aliphatic carbocycles. The molecule has 6 nitrogen and oxygen atoms in total. The number of hydrogen-bond acceptors (Lipinski definition) is 5. The summed E-state index contributed by atoms with van der Waals surface area (Å²) in [5.41, 5.74) is 0. The standard InChI is InChI=1S/C18H25NO5S/c1-23-16-6-8-17(9-7-16)24-12-18(20)19(14-4-2-3-5-14)15-10-11-25(21,22)13-15/h6-9,14-15H,2-5,10-13H2,1H3/t15-/m0/s1. The van der Waals surface area contributed by atoms with Crippen molar-refractivity contribution in [1.29, 1.82) is 0 Å². The van der Waals surface area contributed by atoms with Crippen LogP contribution in [-0.2, 0) is 14.6 Å². The molecule has 0 aromatic heterocycles. The predicted molar refractivity (Wildman–Crippen MR) is 94.6 cm³/mol. The number of nitrogens with zero attached hydrogens (tertiary/aromatic N) is 1. The molecule has 3 rings (SSSR count). The van der Waals surface area contributed by atoms with Gasteiger partial charge in [0.2, 0.25) is 0 Å². The fourth-order valence-corrected chi connectivity index (χ4v) is 5.49. The topological polar surface area (TPSA) is 72.9 Å². The number of sulfone groups is 1. The molecule has 1 aromatic rings. The van der Waals surface area contributed by atoms with Crippen molar-refractivity contribution in [2.45, 2.75) is 44.2 Å². The van der Waals surface area contributed by atoms with Gasteiger partial charge in [-0.15, -0.1) is 0 Å². The number of carbonyl (C=O) groups is 1. The van der Waals surface area contributed by atoms with Crippen LogP contribution in [0.25, 0.3) is 0 Å². The van der Waals surface area contributed by atoms with Crippen LogP contribution in [0.2, 0.25) is 0 Å². The van der Waals surface area contributed by atoms with Crippen molar-refractivity contribution >= 4 is 15.7 Å². The number of carbonyl (C=O) groups excluding carboxylic acids is 1. The van der Waals surface area contributed by atoms with E-state index >= 15 is 0 Å². The highest BCUT2D eigenvalue weighted by Gasteiger charge is 2.39. The zero-order valence-electron chi connectivity index (χ0n) is 14.5. The molecule has 25 heavy (non-hydrogen) atoms. The Morgan fingerprint density at radius 2 is 1.72 bits per heavy atom. The van der Waals surface area contributed by atoms with Crippen LogP contribution in [0.15, 0.2) is 24.3 Å². The first-order valence-corrected chi connectivity index (χ1v) is 10.6.